The Morgan fingerprint density at radius 2 is 2.10 bits per heavy atom. The van der Waals surface area contributed by atoms with Crippen molar-refractivity contribution in [3.8, 4) is 0 Å². The van der Waals surface area contributed by atoms with Crippen LogP contribution in [0.4, 0.5) is 17.5 Å². The van der Waals surface area contributed by atoms with E-state index in [0.29, 0.717) is 11.5 Å². The quantitative estimate of drug-likeness (QED) is 0.428. The molecule has 0 amide bonds. The summed E-state index contributed by atoms with van der Waals surface area (Å²) in [6.07, 6.45) is 0.290. The van der Waals surface area contributed by atoms with Gasteiger partial charge in [-0.1, -0.05) is 6.92 Å². The zero-order valence-electron chi connectivity index (χ0n) is 10.7. The Hall–Kier alpha value is -1.32. The summed E-state index contributed by atoms with van der Waals surface area (Å²) in [4.78, 5) is 19.9. The normalized spacial score (nSPS) is 28.2. The number of rotatable bonds is 1. The summed E-state index contributed by atoms with van der Waals surface area (Å²) in [6.45, 7) is 2.01. The van der Waals surface area contributed by atoms with Gasteiger partial charge in [0.05, 0.1) is 6.10 Å². The molecule has 3 heterocycles. The van der Waals surface area contributed by atoms with Crippen LogP contribution >= 0.6 is 25.3 Å². The summed E-state index contributed by atoms with van der Waals surface area (Å²) in [7, 11) is 0. The molecule has 0 saturated carbocycles. The monoisotopic (exact) mass is 313 g/mol. The molecule has 1 aromatic rings. The fourth-order valence-corrected chi connectivity index (χ4v) is 3.08. The fraction of sp³-hybridized carbons (Fsp3) is 0.455. The molecule has 20 heavy (non-hydrogen) atoms. The van der Waals surface area contributed by atoms with Crippen molar-refractivity contribution < 1.29 is 4.74 Å². The average Bonchev–Trinajstić information content (AvgIpc) is 2.41. The molecular weight excluding hydrogens is 298 g/mol. The molecule has 0 spiro atoms. The standard InChI is InChI=1S/C11H15N5O2S2/c1-2-3-6(19)7(20)4-10(18-3)14-8-5(13-4)9(17)16-11(12)15-8/h3-4,10,13,19-20H,2H2,1H3,(H4,12,14,15,16,17). The van der Waals surface area contributed by atoms with Crippen LogP contribution in [0, 0.1) is 0 Å². The molecule has 0 bridgehead atoms. The van der Waals surface area contributed by atoms with Crippen molar-refractivity contribution in [2.45, 2.75) is 31.7 Å². The van der Waals surface area contributed by atoms with Gasteiger partial charge in [0.1, 0.15) is 11.7 Å². The molecule has 108 valence electrons. The van der Waals surface area contributed by atoms with Gasteiger partial charge in [-0.2, -0.15) is 4.98 Å². The number of anilines is 3. The van der Waals surface area contributed by atoms with Crippen molar-refractivity contribution in [1.29, 1.82) is 0 Å². The summed E-state index contributed by atoms with van der Waals surface area (Å²) >= 11 is 8.95. The number of ether oxygens (including phenoxy) is 1. The predicted molar refractivity (Wildman–Crippen MR) is 84.3 cm³/mol. The Bertz CT molecular complexity index is 644. The van der Waals surface area contributed by atoms with E-state index in [9.17, 15) is 4.79 Å². The number of thiol groups is 2. The highest BCUT2D eigenvalue weighted by molar-refractivity contribution is 7.88. The number of aromatic nitrogens is 2. The topological polar surface area (TPSA) is 105 Å². The maximum absolute atomic E-state index is 11.9. The Morgan fingerprint density at radius 1 is 1.35 bits per heavy atom. The van der Waals surface area contributed by atoms with Crippen LogP contribution in [-0.4, -0.2) is 28.3 Å². The molecule has 1 aromatic heterocycles. The summed E-state index contributed by atoms with van der Waals surface area (Å²) in [5, 5.41) is 6.17. The molecular formula is C11H15N5O2S2. The molecule has 3 rings (SSSR count). The van der Waals surface area contributed by atoms with Gasteiger partial charge in [-0.3, -0.25) is 9.78 Å². The minimum absolute atomic E-state index is 0.0564. The summed E-state index contributed by atoms with van der Waals surface area (Å²) in [6, 6.07) is -0.285. The lowest BCUT2D eigenvalue weighted by Crippen LogP contribution is -2.51. The third-order valence-corrected chi connectivity index (χ3v) is 4.59. The third-order valence-electron chi connectivity index (χ3n) is 3.36. The van der Waals surface area contributed by atoms with Crippen molar-refractivity contribution >= 4 is 42.7 Å². The number of nitrogens with two attached hydrogens (primary N) is 1. The molecule has 2 aliphatic rings. The summed E-state index contributed by atoms with van der Waals surface area (Å²) in [5.41, 5.74) is 5.53. The molecule has 0 aromatic carbocycles. The second-order valence-corrected chi connectivity index (χ2v) is 5.63. The highest BCUT2D eigenvalue weighted by Crippen LogP contribution is 2.37. The number of aromatic amines is 1. The molecule has 0 saturated heterocycles. The molecule has 0 radical (unpaired) electrons. The van der Waals surface area contributed by atoms with E-state index in [4.69, 9.17) is 10.5 Å². The van der Waals surface area contributed by atoms with Crippen LogP contribution in [0.5, 0.6) is 0 Å². The number of nitrogens with one attached hydrogen (secondary N) is 3. The van der Waals surface area contributed by atoms with Crippen LogP contribution < -0.4 is 21.9 Å². The Kier molecular flexibility index (Phi) is 3.35. The van der Waals surface area contributed by atoms with Crippen LogP contribution in [0.3, 0.4) is 0 Å². The second kappa shape index (κ2) is 4.90. The first-order valence-electron chi connectivity index (χ1n) is 6.21. The van der Waals surface area contributed by atoms with Gasteiger partial charge < -0.3 is 21.1 Å². The Morgan fingerprint density at radius 3 is 2.80 bits per heavy atom. The van der Waals surface area contributed by atoms with Crippen LogP contribution in [0.15, 0.2) is 14.6 Å². The second-order valence-electron chi connectivity index (χ2n) is 4.67. The van der Waals surface area contributed by atoms with Crippen molar-refractivity contribution in [3.63, 3.8) is 0 Å². The zero-order chi connectivity index (χ0) is 14.4. The molecule has 5 N–H and O–H groups in total. The van der Waals surface area contributed by atoms with E-state index in [-0.39, 0.29) is 29.9 Å². The molecule has 0 aliphatic carbocycles. The predicted octanol–water partition coefficient (Wildman–Crippen LogP) is 0.764. The summed E-state index contributed by atoms with van der Waals surface area (Å²) in [5.74, 6) is 0.437. The van der Waals surface area contributed by atoms with E-state index in [1.807, 2.05) is 6.92 Å². The molecule has 7 nitrogen and oxygen atoms in total. The molecule has 0 fully saturated rings. The van der Waals surface area contributed by atoms with Gasteiger partial charge in [-0.15, -0.1) is 25.3 Å². The van der Waals surface area contributed by atoms with Gasteiger partial charge in [0.25, 0.3) is 5.56 Å². The Balaban J connectivity index is 2.03. The van der Waals surface area contributed by atoms with Crippen LogP contribution in [0.25, 0.3) is 0 Å². The van der Waals surface area contributed by atoms with Gasteiger partial charge in [0.2, 0.25) is 5.95 Å². The SMILES string of the molecule is CCC1OC2Nc3nc(N)[nH]c(=O)c3NC2C(S)=C1S. The fourth-order valence-electron chi connectivity index (χ4n) is 2.36. The number of H-pyrrole nitrogens is 1. The van der Waals surface area contributed by atoms with E-state index in [1.165, 1.54) is 0 Å². The minimum atomic E-state index is -0.371. The van der Waals surface area contributed by atoms with E-state index in [2.05, 4.69) is 45.9 Å². The van der Waals surface area contributed by atoms with Crippen molar-refractivity contribution in [2.24, 2.45) is 0 Å². The number of hydrogen-bond donors (Lipinski definition) is 6. The van der Waals surface area contributed by atoms with E-state index < -0.39 is 0 Å². The third kappa shape index (κ3) is 2.05. The first kappa shape index (κ1) is 13.7. The van der Waals surface area contributed by atoms with E-state index in [0.717, 1.165) is 16.2 Å². The van der Waals surface area contributed by atoms with Crippen molar-refractivity contribution in [3.05, 3.63) is 20.2 Å². The zero-order valence-corrected chi connectivity index (χ0v) is 12.5. The summed E-state index contributed by atoms with van der Waals surface area (Å²) < 4.78 is 5.91. The smallest absolute Gasteiger partial charge is 0.277 e. The first-order chi connectivity index (χ1) is 9.51. The number of fused-ring (bicyclic) bond motifs is 2. The number of hydrogen-bond acceptors (Lipinski definition) is 8. The van der Waals surface area contributed by atoms with Crippen LogP contribution in [0.1, 0.15) is 13.3 Å². The van der Waals surface area contributed by atoms with E-state index >= 15 is 0 Å². The van der Waals surface area contributed by atoms with Crippen molar-refractivity contribution in [2.75, 3.05) is 16.4 Å². The average molecular weight is 313 g/mol. The van der Waals surface area contributed by atoms with Crippen LogP contribution in [-0.2, 0) is 4.74 Å². The molecule has 3 atom stereocenters. The van der Waals surface area contributed by atoms with Crippen LogP contribution in [0.2, 0.25) is 0 Å². The molecule has 9 heteroatoms. The number of nitrogens with zero attached hydrogens (tertiary/aromatic N) is 1. The lowest BCUT2D eigenvalue weighted by Gasteiger charge is -2.41. The van der Waals surface area contributed by atoms with Crippen molar-refractivity contribution in [1.82, 2.24) is 9.97 Å². The maximum Gasteiger partial charge on any atom is 0.277 e. The first-order valence-corrected chi connectivity index (χ1v) is 7.11. The van der Waals surface area contributed by atoms with Gasteiger partial charge >= 0.3 is 0 Å². The number of nitrogen functional groups attached to an aromatic ring is 1. The van der Waals surface area contributed by atoms with Gasteiger partial charge in [0, 0.05) is 9.81 Å². The molecule has 3 unspecified atom stereocenters. The minimum Gasteiger partial charge on any atom is -0.369 e. The van der Waals surface area contributed by atoms with E-state index in [1.54, 1.807) is 0 Å². The highest BCUT2D eigenvalue weighted by Gasteiger charge is 2.39. The Labute approximate surface area is 126 Å². The van der Waals surface area contributed by atoms with Gasteiger partial charge in [-0.05, 0) is 6.42 Å². The lowest BCUT2D eigenvalue weighted by molar-refractivity contribution is 0.0106. The van der Waals surface area contributed by atoms with Gasteiger partial charge in [0.15, 0.2) is 12.0 Å². The molecule has 2 aliphatic heterocycles. The maximum atomic E-state index is 11.9. The highest BCUT2D eigenvalue weighted by atomic mass is 32.1. The lowest BCUT2D eigenvalue weighted by atomic mass is 10.1. The van der Waals surface area contributed by atoms with Gasteiger partial charge in [-0.25, -0.2) is 0 Å². The largest absolute Gasteiger partial charge is 0.369 e.